The predicted octanol–water partition coefficient (Wildman–Crippen LogP) is 2.45. The number of benzene rings is 1. The Balaban J connectivity index is 2.23. The van der Waals surface area contributed by atoms with Crippen molar-refractivity contribution in [3.8, 4) is 5.75 Å². The van der Waals surface area contributed by atoms with E-state index in [-0.39, 0.29) is 12.1 Å². The van der Waals surface area contributed by atoms with Gasteiger partial charge in [0.25, 0.3) is 0 Å². The second-order valence-electron chi connectivity index (χ2n) is 4.08. The second kappa shape index (κ2) is 5.08. The third-order valence-electron chi connectivity index (χ3n) is 2.78. The number of anilines is 1. The van der Waals surface area contributed by atoms with Crippen LogP contribution in [-0.4, -0.2) is 25.2 Å². The lowest BCUT2D eigenvalue weighted by molar-refractivity contribution is 0.0330. The zero-order valence-corrected chi connectivity index (χ0v) is 10.2. The quantitative estimate of drug-likeness (QED) is 0.817. The number of hydrogen-bond acceptors (Lipinski definition) is 4. The van der Waals surface area contributed by atoms with Crippen LogP contribution in [0.25, 0.3) is 0 Å². The van der Waals surface area contributed by atoms with E-state index < -0.39 is 0 Å². The summed E-state index contributed by atoms with van der Waals surface area (Å²) in [5.41, 5.74) is 1.35. The van der Waals surface area contributed by atoms with Gasteiger partial charge in [0.15, 0.2) is 5.75 Å². The molecule has 0 saturated carbocycles. The molecule has 1 aromatic rings. The molecule has 4 heteroatoms. The minimum absolute atomic E-state index is 0.0742. The molecule has 0 spiro atoms. The van der Waals surface area contributed by atoms with Crippen molar-refractivity contribution in [3.05, 3.63) is 23.8 Å². The molecule has 0 saturated heterocycles. The minimum Gasteiger partial charge on any atom is -0.489 e. The van der Waals surface area contributed by atoms with E-state index in [9.17, 15) is 4.79 Å². The summed E-state index contributed by atoms with van der Waals surface area (Å²) in [7, 11) is 0. The van der Waals surface area contributed by atoms with E-state index in [1.165, 1.54) is 0 Å². The number of para-hydroxylation sites is 1. The molecule has 0 aromatic heterocycles. The zero-order chi connectivity index (χ0) is 12.3. The van der Waals surface area contributed by atoms with Crippen molar-refractivity contribution in [2.24, 2.45) is 0 Å². The van der Waals surface area contributed by atoms with Gasteiger partial charge in [0, 0.05) is 6.54 Å². The van der Waals surface area contributed by atoms with Crippen LogP contribution in [0.2, 0.25) is 0 Å². The monoisotopic (exact) mass is 235 g/mol. The van der Waals surface area contributed by atoms with Crippen molar-refractivity contribution in [1.29, 1.82) is 0 Å². The number of esters is 1. The van der Waals surface area contributed by atoms with Gasteiger partial charge < -0.3 is 14.8 Å². The summed E-state index contributed by atoms with van der Waals surface area (Å²) in [6, 6.07) is 5.46. The molecule has 2 rings (SSSR count). The van der Waals surface area contributed by atoms with Gasteiger partial charge in [-0.1, -0.05) is 13.0 Å². The summed E-state index contributed by atoms with van der Waals surface area (Å²) >= 11 is 0. The molecular weight excluding hydrogens is 218 g/mol. The van der Waals surface area contributed by atoms with Crippen molar-refractivity contribution in [3.63, 3.8) is 0 Å². The molecule has 4 nitrogen and oxygen atoms in total. The number of nitrogens with one attached hydrogen (secondary N) is 1. The summed E-state index contributed by atoms with van der Waals surface area (Å²) in [6.07, 6.45) is 0.731. The average molecular weight is 235 g/mol. The first-order chi connectivity index (χ1) is 8.22. The fraction of sp³-hybridized carbons (Fsp3) is 0.462. The standard InChI is InChI=1S/C13H17NO3/c1-3-9(2)17-13(15)10-5-4-6-11-12(10)16-8-7-14-11/h4-6,9,14H,3,7-8H2,1-2H3. The van der Waals surface area contributed by atoms with Crippen LogP contribution in [0.3, 0.4) is 0 Å². The maximum Gasteiger partial charge on any atom is 0.342 e. The molecule has 1 aliphatic rings. The average Bonchev–Trinajstić information content (AvgIpc) is 2.37. The topological polar surface area (TPSA) is 47.6 Å². The SMILES string of the molecule is CCC(C)OC(=O)c1cccc2c1OCCN2. The molecule has 0 fully saturated rings. The molecular formula is C13H17NO3. The van der Waals surface area contributed by atoms with Gasteiger partial charge in [-0.25, -0.2) is 4.79 Å². The van der Waals surface area contributed by atoms with Crippen LogP contribution in [0.5, 0.6) is 5.75 Å². The van der Waals surface area contributed by atoms with Gasteiger partial charge in [0.05, 0.1) is 11.8 Å². The van der Waals surface area contributed by atoms with Crippen LogP contribution in [0, 0.1) is 0 Å². The van der Waals surface area contributed by atoms with Gasteiger partial charge >= 0.3 is 5.97 Å². The third kappa shape index (κ3) is 2.52. The number of hydrogen-bond donors (Lipinski definition) is 1. The fourth-order valence-corrected chi connectivity index (χ4v) is 1.66. The van der Waals surface area contributed by atoms with Gasteiger partial charge in [-0.2, -0.15) is 0 Å². The highest BCUT2D eigenvalue weighted by Gasteiger charge is 2.20. The zero-order valence-electron chi connectivity index (χ0n) is 10.2. The summed E-state index contributed by atoms with van der Waals surface area (Å²) < 4.78 is 10.8. The highest BCUT2D eigenvalue weighted by Crippen LogP contribution is 2.31. The molecule has 1 heterocycles. The lowest BCUT2D eigenvalue weighted by atomic mass is 10.1. The minimum atomic E-state index is -0.320. The molecule has 0 radical (unpaired) electrons. The predicted molar refractivity (Wildman–Crippen MR) is 65.6 cm³/mol. The lowest BCUT2D eigenvalue weighted by Gasteiger charge is -2.21. The summed E-state index contributed by atoms with van der Waals surface area (Å²) in [5, 5.41) is 3.19. The molecule has 0 aliphatic carbocycles. The fourth-order valence-electron chi connectivity index (χ4n) is 1.66. The van der Waals surface area contributed by atoms with Gasteiger partial charge in [0.2, 0.25) is 0 Å². The third-order valence-corrected chi connectivity index (χ3v) is 2.78. The maximum absolute atomic E-state index is 12.0. The first kappa shape index (κ1) is 11.8. The van der Waals surface area contributed by atoms with Crippen LogP contribution < -0.4 is 10.1 Å². The van der Waals surface area contributed by atoms with Crippen LogP contribution in [-0.2, 0) is 4.74 Å². The number of ether oxygens (including phenoxy) is 2. The summed E-state index contributed by atoms with van der Waals surface area (Å²) in [4.78, 5) is 12.0. The Morgan fingerprint density at radius 3 is 3.18 bits per heavy atom. The van der Waals surface area contributed by atoms with Crippen molar-refractivity contribution < 1.29 is 14.3 Å². The first-order valence-electron chi connectivity index (χ1n) is 5.93. The summed E-state index contributed by atoms with van der Waals surface area (Å²) in [5.74, 6) is 0.284. The van der Waals surface area contributed by atoms with E-state index in [1.807, 2.05) is 26.0 Å². The Kier molecular flexibility index (Phi) is 3.52. The molecule has 0 bridgehead atoms. The molecule has 1 N–H and O–H groups in total. The Labute approximate surface area is 101 Å². The van der Waals surface area contributed by atoms with Crippen molar-refractivity contribution in [2.75, 3.05) is 18.5 Å². The van der Waals surface area contributed by atoms with E-state index in [2.05, 4.69) is 5.32 Å². The molecule has 1 aromatic carbocycles. The van der Waals surface area contributed by atoms with Crippen LogP contribution in [0.4, 0.5) is 5.69 Å². The normalized spacial score (nSPS) is 15.2. The van der Waals surface area contributed by atoms with Crippen LogP contribution in [0.15, 0.2) is 18.2 Å². The number of carbonyl (C=O) groups is 1. The van der Waals surface area contributed by atoms with Gasteiger partial charge in [-0.3, -0.25) is 0 Å². The Morgan fingerprint density at radius 2 is 2.41 bits per heavy atom. The smallest absolute Gasteiger partial charge is 0.342 e. The highest BCUT2D eigenvalue weighted by molar-refractivity contribution is 5.95. The maximum atomic E-state index is 12.0. The van der Waals surface area contributed by atoms with Crippen LogP contribution in [0.1, 0.15) is 30.6 Å². The Morgan fingerprint density at radius 1 is 1.59 bits per heavy atom. The van der Waals surface area contributed by atoms with E-state index in [1.54, 1.807) is 6.07 Å². The van der Waals surface area contributed by atoms with Gasteiger partial charge in [0.1, 0.15) is 12.2 Å². The number of rotatable bonds is 3. The number of fused-ring (bicyclic) bond motifs is 1. The highest BCUT2D eigenvalue weighted by atomic mass is 16.5. The Hall–Kier alpha value is -1.71. The lowest BCUT2D eigenvalue weighted by Crippen LogP contribution is -2.21. The van der Waals surface area contributed by atoms with Crippen molar-refractivity contribution in [2.45, 2.75) is 26.4 Å². The van der Waals surface area contributed by atoms with Crippen LogP contribution >= 0.6 is 0 Å². The largest absolute Gasteiger partial charge is 0.489 e. The Bertz CT molecular complexity index is 417. The molecule has 92 valence electrons. The molecule has 1 atom stereocenters. The van der Waals surface area contributed by atoms with Crippen molar-refractivity contribution in [1.82, 2.24) is 0 Å². The van der Waals surface area contributed by atoms with E-state index in [0.717, 1.165) is 18.7 Å². The summed E-state index contributed by atoms with van der Waals surface area (Å²) in [6.45, 7) is 5.19. The molecule has 1 aliphatic heterocycles. The van der Waals surface area contributed by atoms with Crippen molar-refractivity contribution >= 4 is 11.7 Å². The molecule has 0 amide bonds. The van der Waals surface area contributed by atoms with E-state index >= 15 is 0 Å². The van der Waals surface area contributed by atoms with Gasteiger partial charge in [-0.15, -0.1) is 0 Å². The number of carbonyl (C=O) groups excluding carboxylic acids is 1. The van der Waals surface area contributed by atoms with Gasteiger partial charge in [-0.05, 0) is 25.5 Å². The molecule has 17 heavy (non-hydrogen) atoms. The molecule has 1 unspecified atom stereocenters. The second-order valence-corrected chi connectivity index (χ2v) is 4.08. The first-order valence-corrected chi connectivity index (χ1v) is 5.93. The van der Waals surface area contributed by atoms with E-state index in [0.29, 0.717) is 17.9 Å². The van der Waals surface area contributed by atoms with E-state index in [4.69, 9.17) is 9.47 Å².